The van der Waals surface area contributed by atoms with Gasteiger partial charge in [0.15, 0.2) is 28.8 Å². The minimum absolute atomic E-state index is 0.0742. The first kappa shape index (κ1) is 18.2. The van der Waals surface area contributed by atoms with Gasteiger partial charge in [0.1, 0.15) is 5.52 Å². The first-order valence-corrected chi connectivity index (χ1v) is 7.91. The number of methoxy groups -OCH3 is 4. The second kappa shape index (κ2) is 6.99. The summed E-state index contributed by atoms with van der Waals surface area (Å²) >= 11 is 0. The van der Waals surface area contributed by atoms with Gasteiger partial charge in [-0.15, -0.1) is 0 Å². The number of ether oxygens (including phenoxy) is 4. The van der Waals surface area contributed by atoms with Crippen LogP contribution < -0.4 is 18.9 Å². The number of carbonyl (C=O) groups is 1. The van der Waals surface area contributed by atoms with E-state index in [4.69, 9.17) is 18.9 Å². The van der Waals surface area contributed by atoms with E-state index in [9.17, 15) is 15.1 Å². The molecule has 0 saturated heterocycles. The molecule has 8 nitrogen and oxygen atoms in total. The van der Waals surface area contributed by atoms with Crippen LogP contribution in [-0.2, 0) is 0 Å². The van der Waals surface area contributed by atoms with Crippen molar-refractivity contribution in [1.29, 1.82) is 0 Å². The van der Waals surface area contributed by atoms with Crippen LogP contribution in [0.1, 0.15) is 15.9 Å². The molecular weight excluding hydrogens is 354 g/mol. The topological polar surface area (TPSA) is 99.4 Å². The summed E-state index contributed by atoms with van der Waals surface area (Å²) in [5.74, 6) is 0.555. The summed E-state index contributed by atoms with van der Waals surface area (Å²) in [5.41, 5.74) is 0.539. The van der Waals surface area contributed by atoms with Crippen LogP contribution in [0.5, 0.6) is 28.7 Å². The number of ketones is 1. The predicted octanol–water partition coefficient (Wildman–Crippen LogP) is 2.85. The Morgan fingerprint density at radius 1 is 0.926 bits per heavy atom. The lowest BCUT2D eigenvalue weighted by Gasteiger charge is -2.13. The van der Waals surface area contributed by atoms with Gasteiger partial charge in [-0.2, -0.15) is 4.73 Å². The van der Waals surface area contributed by atoms with Crippen LogP contribution in [0.4, 0.5) is 0 Å². The zero-order chi connectivity index (χ0) is 19.7. The number of phenols is 1. The van der Waals surface area contributed by atoms with Gasteiger partial charge in [0, 0.05) is 10.9 Å². The molecule has 27 heavy (non-hydrogen) atoms. The number of hydrogen-bond acceptors (Lipinski definition) is 7. The van der Waals surface area contributed by atoms with Gasteiger partial charge >= 0.3 is 0 Å². The molecule has 2 N–H and O–H groups in total. The van der Waals surface area contributed by atoms with E-state index < -0.39 is 5.78 Å². The van der Waals surface area contributed by atoms with Gasteiger partial charge in [0.25, 0.3) is 0 Å². The fourth-order valence-electron chi connectivity index (χ4n) is 2.98. The average molecular weight is 373 g/mol. The lowest BCUT2D eigenvalue weighted by molar-refractivity contribution is 0.103. The number of benzene rings is 2. The van der Waals surface area contributed by atoms with Crippen LogP contribution in [0, 0.1) is 0 Å². The van der Waals surface area contributed by atoms with Gasteiger partial charge in [-0.1, -0.05) is 0 Å². The number of hydrogen-bond donors (Lipinski definition) is 2. The molecule has 0 aliphatic carbocycles. The van der Waals surface area contributed by atoms with E-state index in [0.717, 1.165) is 0 Å². The van der Waals surface area contributed by atoms with E-state index in [0.29, 0.717) is 27.4 Å². The zero-order valence-electron chi connectivity index (χ0n) is 15.3. The summed E-state index contributed by atoms with van der Waals surface area (Å²) in [4.78, 5) is 13.1. The van der Waals surface area contributed by atoms with Crippen molar-refractivity contribution in [3.05, 3.63) is 41.6 Å². The van der Waals surface area contributed by atoms with Gasteiger partial charge < -0.3 is 29.3 Å². The van der Waals surface area contributed by atoms with Gasteiger partial charge in [-0.05, 0) is 24.3 Å². The third kappa shape index (κ3) is 2.84. The molecule has 0 saturated carbocycles. The molecule has 0 spiro atoms. The SMILES string of the molecule is COc1cc(C(=O)c2cn(O)c3c(O)c(OC)ccc23)cc(OC)c1OC. The second-order valence-corrected chi connectivity index (χ2v) is 5.64. The van der Waals surface area contributed by atoms with Crippen molar-refractivity contribution < 1.29 is 34.1 Å². The Bertz CT molecular complexity index is 998. The molecule has 3 aromatic rings. The third-order valence-corrected chi connectivity index (χ3v) is 4.28. The van der Waals surface area contributed by atoms with Crippen LogP contribution in [0.2, 0.25) is 0 Å². The van der Waals surface area contributed by atoms with Crippen LogP contribution in [-0.4, -0.2) is 49.3 Å². The van der Waals surface area contributed by atoms with E-state index in [2.05, 4.69) is 0 Å². The predicted molar refractivity (Wildman–Crippen MR) is 96.9 cm³/mol. The number of aromatic nitrogens is 1. The molecule has 0 aliphatic heterocycles. The van der Waals surface area contributed by atoms with Gasteiger partial charge in [-0.25, -0.2) is 0 Å². The highest BCUT2D eigenvalue weighted by Crippen LogP contribution is 2.40. The van der Waals surface area contributed by atoms with Crippen molar-refractivity contribution in [3.8, 4) is 28.7 Å². The molecule has 142 valence electrons. The molecule has 0 fully saturated rings. The molecule has 0 amide bonds. The number of nitrogens with zero attached hydrogens (tertiary/aromatic N) is 1. The molecule has 0 unspecified atom stereocenters. The van der Waals surface area contributed by atoms with Gasteiger partial charge in [0.05, 0.1) is 40.2 Å². The number of carbonyl (C=O) groups excluding carboxylic acids is 1. The van der Waals surface area contributed by atoms with E-state index in [1.165, 1.54) is 52.8 Å². The fourth-order valence-corrected chi connectivity index (χ4v) is 2.98. The van der Waals surface area contributed by atoms with Crippen LogP contribution in [0.25, 0.3) is 10.9 Å². The molecule has 0 atom stereocenters. The Morgan fingerprint density at radius 2 is 1.52 bits per heavy atom. The maximum Gasteiger partial charge on any atom is 0.203 e. The molecule has 1 aromatic heterocycles. The van der Waals surface area contributed by atoms with Crippen molar-refractivity contribution in [3.63, 3.8) is 0 Å². The molecule has 0 bridgehead atoms. The van der Waals surface area contributed by atoms with Crippen molar-refractivity contribution >= 4 is 16.7 Å². The monoisotopic (exact) mass is 373 g/mol. The highest BCUT2D eigenvalue weighted by atomic mass is 16.5. The van der Waals surface area contributed by atoms with Crippen molar-refractivity contribution in [2.24, 2.45) is 0 Å². The Kier molecular flexibility index (Phi) is 4.72. The first-order chi connectivity index (χ1) is 13.0. The summed E-state index contributed by atoms with van der Waals surface area (Å²) in [5, 5.41) is 20.8. The molecular formula is C19H19NO7. The Morgan fingerprint density at radius 3 is 2.04 bits per heavy atom. The Balaban J connectivity index is 2.18. The second-order valence-electron chi connectivity index (χ2n) is 5.64. The summed E-state index contributed by atoms with van der Waals surface area (Å²) in [6.45, 7) is 0. The lowest BCUT2D eigenvalue weighted by Crippen LogP contribution is -2.04. The van der Waals surface area contributed by atoms with E-state index in [1.807, 2.05) is 0 Å². The molecule has 0 radical (unpaired) electrons. The summed E-state index contributed by atoms with van der Waals surface area (Å²) in [6.07, 6.45) is 1.23. The number of aromatic hydroxyl groups is 1. The molecule has 2 aromatic carbocycles. The largest absolute Gasteiger partial charge is 0.503 e. The Labute approximate surface area is 155 Å². The molecule has 8 heteroatoms. The zero-order valence-corrected chi connectivity index (χ0v) is 15.3. The smallest absolute Gasteiger partial charge is 0.203 e. The highest BCUT2D eigenvalue weighted by Gasteiger charge is 2.23. The van der Waals surface area contributed by atoms with Crippen LogP contribution >= 0.6 is 0 Å². The van der Waals surface area contributed by atoms with Crippen LogP contribution in [0.3, 0.4) is 0 Å². The fraction of sp³-hybridized carbons (Fsp3) is 0.211. The number of phenolic OH excluding ortho intramolecular Hbond substituents is 1. The van der Waals surface area contributed by atoms with Crippen molar-refractivity contribution in [2.75, 3.05) is 28.4 Å². The number of rotatable bonds is 6. The van der Waals surface area contributed by atoms with Crippen LogP contribution in [0.15, 0.2) is 30.5 Å². The van der Waals surface area contributed by atoms with Gasteiger partial charge in [-0.3, -0.25) is 4.79 Å². The summed E-state index contributed by atoms with van der Waals surface area (Å²) < 4.78 is 21.6. The standard InChI is InChI=1S/C19H19NO7/c1-24-13-6-5-11-12(9-20(23)16(11)18(13)22)17(21)10-7-14(25-2)19(27-4)15(8-10)26-3/h5-9,22-23H,1-4H3. The minimum atomic E-state index is -0.392. The van der Waals surface area contributed by atoms with E-state index in [-0.39, 0.29) is 28.1 Å². The molecule has 3 rings (SSSR count). The first-order valence-electron chi connectivity index (χ1n) is 7.91. The van der Waals surface area contributed by atoms with Gasteiger partial charge in [0.2, 0.25) is 5.75 Å². The maximum atomic E-state index is 13.1. The quantitative estimate of drug-likeness (QED) is 0.506. The third-order valence-electron chi connectivity index (χ3n) is 4.28. The highest BCUT2D eigenvalue weighted by molar-refractivity contribution is 6.17. The lowest BCUT2D eigenvalue weighted by atomic mass is 10.0. The minimum Gasteiger partial charge on any atom is -0.503 e. The summed E-state index contributed by atoms with van der Waals surface area (Å²) in [6, 6.07) is 6.15. The van der Waals surface area contributed by atoms with Crippen molar-refractivity contribution in [1.82, 2.24) is 4.73 Å². The normalized spacial score (nSPS) is 10.7. The number of fused-ring (bicyclic) bond motifs is 1. The average Bonchev–Trinajstić information content (AvgIpc) is 3.03. The maximum absolute atomic E-state index is 13.1. The van der Waals surface area contributed by atoms with Crippen molar-refractivity contribution in [2.45, 2.75) is 0 Å². The summed E-state index contributed by atoms with van der Waals surface area (Å²) in [7, 11) is 5.77. The Hall–Kier alpha value is -3.55. The molecule has 1 heterocycles. The van der Waals surface area contributed by atoms with E-state index >= 15 is 0 Å². The molecule has 0 aliphatic rings. The van der Waals surface area contributed by atoms with E-state index in [1.54, 1.807) is 6.07 Å².